The van der Waals surface area contributed by atoms with Crippen LogP contribution < -0.4 is 5.56 Å². The lowest BCUT2D eigenvalue weighted by Gasteiger charge is -2.30. The highest BCUT2D eigenvalue weighted by Gasteiger charge is 2.37. The first-order valence-corrected chi connectivity index (χ1v) is 11.4. The lowest BCUT2D eigenvalue weighted by molar-refractivity contribution is 0.117. The van der Waals surface area contributed by atoms with Crippen LogP contribution in [-0.2, 0) is 19.7 Å². The van der Waals surface area contributed by atoms with E-state index in [0.717, 1.165) is 27.6 Å². The monoisotopic (exact) mass is 479 g/mol. The van der Waals surface area contributed by atoms with Crippen LogP contribution in [0.15, 0.2) is 90.1 Å². The number of imidazole rings is 1. The smallest absolute Gasteiger partial charge is 0.251 e. The van der Waals surface area contributed by atoms with Gasteiger partial charge in [-0.05, 0) is 58.7 Å². The van der Waals surface area contributed by atoms with Gasteiger partial charge in [-0.25, -0.2) is 4.98 Å². The van der Waals surface area contributed by atoms with Crippen molar-refractivity contribution < 1.29 is 5.11 Å². The minimum atomic E-state index is -1.52. The van der Waals surface area contributed by atoms with E-state index in [1.165, 1.54) is 0 Å². The van der Waals surface area contributed by atoms with Gasteiger partial charge in [-0.2, -0.15) is 0 Å². The standard InChI is InChI=1S/C29H22ClN3O2/c1-4-19-6-5-7-20(14-19)24-16-28(34)33(3)26-13-10-22(15-25(24)26)29(35,27-17-31-18-32(27)2)21-8-11-23(30)12-9-21/h1,5-18,35H,2-3H3/t29-/m0/s1. The fourth-order valence-corrected chi connectivity index (χ4v) is 4.69. The van der Waals surface area contributed by atoms with Gasteiger partial charge < -0.3 is 14.2 Å². The van der Waals surface area contributed by atoms with Crippen molar-refractivity contribution in [1.29, 1.82) is 0 Å². The molecule has 0 spiro atoms. The maximum absolute atomic E-state index is 12.8. The Balaban J connectivity index is 1.84. The molecule has 172 valence electrons. The van der Waals surface area contributed by atoms with Crippen LogP contribution in [0.4, 0.5) is 0 Å². The van der Waals surface area contributed by atoms with Gasteiger partial charge in [0, 0.05) is 36.1 Å². The van der Waals surface area contributed by atoms with E-state index in [1.807, 2.05) is 49.5 Å². The van der Waals surface area contributed by atoms with Gasteiger partial charge in [-0.15, -0.1) is 6.42 Å². The molecule has 5 nitrogen and oxygen atoms in total. The molecule has 35 heavy (non-hydrogen) atoms. The van der Waals surface area contributed by atoms with Crippen LogP contribution in [0.25, 0.3) is 22.0 Å². The van der Waals surface area contributed by atoms with Crippen molar-refractivity contribution in [2.45, 2.75) is 5.60 Å². The molecule has 0 unspecified atom stereocenters. The number of terminal acetylenes is 1. The second kappa shape index (κ2) is 8.59. The summed E-state index contributed by atoms with van der Waals surface area (Å²) >= 11 is 6.14. The van der Waals surface area contributed by atoms with Crippen LogP contribution in [0.3, 0.4) is 0 Å². The second-order valence-corrected chi connectivity index (χ2v) is 8.96. The van der Waals surface area contributed by atoms with Gasteiger partial charge >= 0.3 is 0 Å². The van der Waals surface area contributed by atoms with Crippen molar-refractivity contribution in [3.05, 3.63) is 123 Å². The summed E-state index contributed by atoms with van der Waals surface area (Å²) < 4.78 is 3.38. The summed E-state index contributed by atoms with van der Waals surface area (Å²) in [5.74, 6) is 2.65. The number of halogens is 1. The lowest BCUT2D eigenvalue weighted by atomic mass is 9.82. The Kier molecular flexibility index (Phi) is 5.56. The molecule has 1 N–H and O–H groups in total. The second-order valence-electron chi connectivity index (χ2n) is 8.52. The molecule has 6 heteroatoms. The first kappa shape index (κ1) is 22.7. The molecule has 5 aromatic rings. The van der Waals surface area contributed by atoms with Gasteiger partial charge in [-0.3, -0.25) is 4.79 Å². The molecule has 0 aliphatic carbocycles. The molecule has 0 aliphatic heterocycles. The highest BCUT2D eigenvalue weighted by Crippen LogP contribution is 2.39. The molecule has 2 aromatic heterocycles. The number of rotatable bonds is 4. The van der Waals surface area contributed by atoms with Crippen molar-refractivity contribution in [2.24, 2.45) is 14.1 Å². The third kappa shape index (κ3) is 3.74. The van der Waals surface area contributed by atoms with E-state index < -0.39 is 5.60 Å². The van der Waals surface area contributed by atoms with E-state index in [9.17, 15) is 9.90 Å². The highest BCUT2D eigenvalue weighted by atomic mass is 35.5. The van der Waals surface area contributed by atoms with Crippen molar-refractivity contribution in [2.75, 3.05) is 0 Å². The molecule has 0 fully saturated rings. The van der Waals surface area contributed by atoms with Crippen LogP contribution in [0.2, 0.25) is 5.02 Å². The summed E-state index contributed by atoms with van der Waals surface area (Å²) in [5.41, 5.74) is 3.25. The number of aliphatic hydroxyl groups is 1. The fraction of sp³-hybridized carbons (Fsp3) is 0.103. The number of hydrogen-bond donors (Lipinski definition) is 1. The third-order valence-electron chi connectivity index (χ3n) is 6.45. The summed E-state index contributed by atoms with van der Waals surface area (Å²) in [6, 6.07) is 21.9. The predicted molar refractivity (Wildman–Crippen MR) is 139 cm³/mol. The van der Waals surface area contributed by atoms with Crippen molar-refractivity contribution in [1.82, 2.24) is 14.1 Å². The van der Waals surface area contributed by atoms with Crippen molar-refractivity contribution in [3.63, 3.8) is 0 Å². The molecule has 0 amide bonds. The highest BCUT2D eigenvalue weighted by molar-refractivity contribution is 6.30. The van der Waals surface area contributed by atoms with Crippen LogP contribution in [0, 0.1) is 12.3 Å². The number of pyridine rings is 1. The van der Waals surface area contributed by atoms with Crippen LogP contribution >= 0.6 is 11.6 Å². The van der Waals surface area contributed by atoms with Crippen molar-refractivity contribution >= 4 is 22.5 Å². The Bertz CT molecular complexity index is 1680. The molecule has 0 saturated heterocycles. The number of benzene rings is 3. The summed E-state index contributed by atoms with van der Waals surface area (Å²) in [6.07, 6.45) is 8.92. The normalized spacial score (nSPS) is 12.9. The summed E-state index contributed by atoms with van der Waals surface area (Å²) in [4.78, 5) is 17.0. The largest absolute Gasteiger partial charge is 0.374 e. The molecule has 2 heterocycles. The maximum atomic E-state index is 12.8. The topological polar surface area (TPSA) is 60.1 Å². The zero-order valence-electron chi connectivity index (χ0n) is 19.2. The van der Waals surface area contributed by atoms with Crippen LogP contribution in [0.5, 0.6) is 0 Å². The Labute approximate surface area is 207 Å². The lowest BCUT2D eigenvalue weighted by Crippen LogP contribution is -2.31. The van der Waals surface area contributed by atoms with E-state index in [0.29, 0.717) is 21.8 Å². The minimum Gasteiger partial charge on any atom is -0.374 e. The van der Waals surface area contributed by atoms with Crippen LogP contribution in [0.1, 0.15) is 22.4 Å². The van der Waals surface area contributed by atoms with Gasteiger partial charge in [0.05, 0.1) is 23.7 Å². The van der Waals surface area contributed by atoms with Crippen LogP contribution in [-0.4, -0.2) is 19.2 Å². The average molecular weight is 480 g/mol. The quantitative estimate of drug-likeness (QED) is 0.374. The molecular formula is C29H22ClN3O2. The van der Waals surface area contributed by atoms with Gasteiger partial charge in [-0.1, -0.05) is 47.9 Å². The Morgan fingerprint density at radius 2 is 1.74 bits per heavy atom. The van der Waals surface area contributed by atoms with Crippen molar-refractivity contribution in [3.8, 4) is 23.5 Å². The van der Waals surface area contributed by atoms with E-state index in [4.69, 9.17) is 18.0 Å². The van der Waals surface area contributed by atoms with E-state index in [2.05, 4.69) is 10.9 Å². The zero-order valence-corrected chi connectivity index (χ0v) is 20.0. The average Bonchev–Trinajstić information content (AvgIpc) is 3.32. The Morgan fingerprint density at radius 3 is 2.43 bits per heavy atom. The number of nitrogens with zero attached hydrogens (tertiary/aromatic N) is 3. The molecule has 1 atom stereocenters. The number of hydrogen-bond acceptors (Lipinski definition) is 3. The molecular weight excluding hydrogens is 458 g/mol. The molecule has 0 radical (unpaired) electrons. The third-order valence-corrected chi connectivity index (χ3v) is 6.71. The van der Waals surface area contributed by atoms with Gasteiger partial charge in [0.15, 0.2) is 5.60 Å². The molecule has 3 aromatic carbocycles. The Morgan fingerprint density at radius 1 is 1.00 bits per heavy atom. The molecule has 0 saturated carbocycles. The number of aromatic nitrogens is 3. The predicted octanol–water partition coefficient (Wildman–Crippen LogP) is 4.86. The number of aryl methyl sites for hydroxylation is 2. The van der Waals surface area contributed by atoms with E-state index >= 15 is 0 Å². The van der Waals surface area contributed by atoms with Gasteiger partial charge in [0.25, 0.3) is 5.56 Å². The Hall–Kier alpha value is -4.11. The summed E-state index contributed by atoms with van der Waals surface area (Å²) in [7, 11) is 3.57. The van der Waals surface area contributed by atoms with Gasteiger partial charge in [0.2, 0.25) is 0 Å². The first-order valence-electron chi connectivity index (χ1n) is 11.0. The minimum absolute atomic E-state index is 0.133. The summed E-state index contributed by atoms with van der Waals surface area (Å²) in [6.45, 7) is 0. The SMILES string of the molecule is C#Cc1cccc(-c2cc(=O)n(C)c3ccc([C@@](O)(c4ccc(Cl)cc4)c4cncn4C)cc23)c1. The number of fused-ring (bicyclic) bond motifs is 1. The zero-order chi connectivity index (χ0) is 24.7. The first-order chi connectivity index (χ1) is 16.8. The van der Waals surface area contributed by atoms with Gasteiger partial charge in [0.1, 0.15) is 0 Å². The molecule has 0 bridgehead atoms. The maximum Gasteiger partial charge on any atom is 0.251 e. The fourth-order valence-electron chi connectivity index (χ4n) is 4.56. The van der Waals surface area contributed by atoms with E-state index in [-0.39, 0.29) is 5.56 Å². The summed E-state index contributed by atoms with van der Waals surface area (Å²) in [5, 5.41) is 13.7. The van der Waals surface area contributed by atoms with E-state index in [1.54, 1.807) is 59.0 Å². The molecule has 0 aliphatic rings. The molecule has 5 rings (SSSR count).